The maximum absolute atomic E-state index is 12.9. The van der Waals surface area contributed by atoms with Crippen LogP contribution >= 0.6 is 0 Å². The van der Waals surface area contributed by atoms with Gasteiger partial charge in [-0.15, -0.1) is 0 Å². The number of aryl methyl sites for hydroxylation is 1. The molecule has 0 radical (unpaired) electrons. The smallest absolute Gasteiger partial charge is 0.259 e. The molecule has 0 saturated heterocycles. The number of aromatic nitrogens is 1. The molecule has 27 heavy (non-hydrogen) atoms. The van der Waals surface area contributed by atoms with Gasteiger partial charge in [0, 0.05) is 17.3 Å². The van der Waals surface area contributed by atoms with Crippen LogP contribution in [-0.4, -0.2) is 16.6 Å². The van der Waals surface area contributed by atoms with Crippen molar-refractivity contribution in [3.63, 3.8) is 0 Å². The van der Waals surface area contributed by atoms with Crippen molar-refractivity contribution in [1.29, 1.82) is 0 Å². The van der Waals surface area contributed by atoms with Gasteiger partial charge in [-0.25, -0.2) is 0 Å². The van der Waals surface area contributed by atoms with Crippen LogP contribution in [0, 0.1) is 6.92 Å². The summed E-state index contributed by atoms with van der Waals surface area (Å²) in [5.74, 6) is 0.491. The number of nitrogens with one attached hydrogen (secondary N) is 1. The molecule has 3 rings (SSSR count). The predicted octanol–water partition coefficient (Wildman–Crippen LogP) is 4.30. The second-order valence-corrected chi connectivity index (χ2v) is 6.92. The highest BCUT2D eigenvalue weighted by molar-refractivity contribution is 5.94. The van der Waals surface area contributed by atoms with Gasteiger partial charge >= 0.3 is 0 Å². The van der Waals surface area contributed by atoms with Crippen molar-refractivity contribution in [3.05, 3.63) is 70.6 Å². The zero-order valence-electron chi connectivity index (χ0n) is 16.0. The van der Waals surface area contributed by atoms with Gasteiger partial charge < -0.3 is 14.6 Å². The predicted molar refractivity (Wildman–Crippen MR) is 108 cm³/mol. The highest BCUT2D eigenvalue weighted by Gasteiger charge is 2.18. The van der Waals surface area contributed by atoms with Gasteiger partial charge in [0.25, 0.3) is 5.56 Å². The maximum Gasteiger partial charge on any atom is 0.259 e. The molecule has 1 atom stereocenters. The van der Waals surface area contributed by atoms with E-state index in [9.17, 15) is 9.59 Å². The van der Waals surface area contributed by atoms with Gasteiger partial charge in [-0.05, 0) is 69.0 Å². The van der Waals surface area contributed by atoms with Crippen LogP contribution < -0.4 is 15.6 Å². The maximum atomic E-state index is 12.9. The molecule has 1 aromatic heterocycles. The Bertz CT molecular complexity index is 1040. The topological polar surface area (TPSA) is 60.3 Å². The number of ether oxygens (including phenoxy) is 1. The second-order valence-electron chi connectivity index (χ2n) is 6.92. The molecule has 1 heterocycles. The summed E-state index contributed by atoms with van der Waals surface area (Å²) in [6.07, 6.45) is 1.72. The van der Waals surface area contributed by atoms with Crippen molar-refractivity contribution in [1.82, 2.24) is 4.57 Å². The van der Waals surface area contributed by atoms with Crippen LogP contribution in [0.15, 0.2) is 59.5 Å². The molecule has 3 aromatic rings. The van der Waals surface area contributed by atoms with E-state index in [2.05, 4.69) is 5.32 Å². The van der Waals surface area contributed by atoms with Gasteiger partial charge in [-0.3, -0.25) is 9.59 Å². The number of hydrogen-bond donors (Lipinski definition) is 1. The van der Waals surface area contributed by atoms with E-state index >= 15 is 0 Å². The molecule has 0 aliphatic heterocycles. The van der Waals surface area contributed by atoms with Crippen molar-refractivity contribution in [2.24, 2.45) is 0 Å². The SMILES string of the molecule is Cc1ccccc1NC(=O)C(C)n1ccc2cc(OC(C)C)ccc2c1=O. The average Bonchev–Trinajstić information content (AvgIpc) is 2.63. The Morgan fingerprint density at radius 1 is 1.07 bits per heavy atom. The average molecular weight is 364 g/mol. The second kappa shape index (κ2) is 7.66. The van der Waals surface area contributed by atoms with E-state index in [4.69, 9.17) is 4.74 Å². The van der Waals surface area contributed by atoms with E-state index in [0.717, 1.165) is 22.4 Å². The van der Waals surface area contributed by atoms with E-state index in [0.29, 0.717) is 5.39 Å². The van der Waals surface area contributed by atoms with Crippen molar-refractivity contribution >= 4 is 22.4 Å². The fourth-order valence-corrected chi connectivity index (χ4v) is 2.97. The van der Waals surface area contributed by atoms with Crippen LogP contribution in [0.4, 0.5) is 5.69 Å². The monoisotopic (exact) mass is 364 g/mol. The highest BCUT2D eigenvalue weighted by Crippen LogP contribution is 2.21. The Morgan fingerprint density at radius 2 is 1.81 bits per heavy atom. The van der Waals surface area contributed by atoms with Gasteiger partial charge in [0.1, 0.15) is 11.8 Å². The van der Waals surface area contributed by atoms with Crippen LogP contribution in [0.25, 0.3) is 10.8 Å². The third kappa shape index (κ3) is 4.03. The molecule has 1 amide bonds. The van der Waals surface area contributed by atoms with Crippen molar-refractivity contribution in [3.8, 4) is 5.75 Å². The minimum Gasteiger partial charge on any atom is -0.491 e. The van der Waals surface area contributed by atoms with E-state index < -0.39 is 6.04 Å². The standard InChI is InChI=1S/C22H24N2O3/c1-14(2)27-18-9-10-19-17(13-18)11-12-24(22(19)26)16(4)21(25)23-20-8-6-5-7-15(20)3/h5-14,16H,1-4H3,(H,23,25). The van der Waals surface area contributed by atoms with Crippen molar-refractivity contribution in [2.75, 3.05) is 5.32 Å². The zero-order chi connectivity index (χ0) is 19.6. The lowest BCUT2D eigenvalue weighted by atomic mass is 10.1. The minimum absolute atomic E-state index is 0.0629. The quantitative estimate of drug-likeness (QED) is 0.734. The molecule has 0 saturated carbocycles. The van der Waals surface area contributed by atoms with Crippen molar-refractivity contribution in [2.45, 2.75) is 39.8 Å². The van der Waals surface area contributed by atoms with Gasteiger partial charge in [0.2, 0.25) is 5.91 Å². The Kier molecular flexibility index (Phi) is 5.31. The normalized spacial score (nSPS) is 12.2. The molecule has 0 aliphatic carbocycles. The first-order valence-electron chi connectivity index (χ1n) is 9.05. The van der Waals surface area contributed by atoms with E-state index in [1.165, 1.54) is 4.57 Å². The van der Waals surface area contributed by atoms with Crippen LogP contribution in [0.2, 0.25) is 0 Å². The summed E-state index contributed by atoms with van der Waals surface area (Å²) in [5.41, 5.74) is 1.52. The number of benzene rings is 2. The molecule has 0 aliphatic rings. The number of fused-ring (bicyclic) bond motifs is 1. The first kappa shape index (κ1) is 18.7. The summed E-state index contributed by atoms with van der Waals surface area (Å²) in [6.45, 7) is 7.56. The molecular weight excluding hydrogens is 340 g/mol. The third-order valence-electron chi connectivity index (χ3n) is 4.47. The van der Waals surface area contributed by atoms with E-state index in [1.54, 1.807) is 25.3 Å². The molecule has 0 spiro atoms. The molecule has 5 heteroatoms. The Morgan fingerprint density at radius 3 is 2.52 bits per heavy atom. The number of hydrogen-bond acceptors (Lipinski definition) is 3. The molecule has 1 N–H and O–H groups in total. The lowest BCUT2D eigenvalue weighted by Crippen LogP contribution is -2.31. The summed E-state index contributed by atoms with van der Waals surface area (Å²) < 4.78 is 7.14. The van der Waals surface area contributed by atoms with Crippen LogP contribution in [0.1, 0.15) is 32.4 Å². The first-order valence-corrected chi connectivity index (χ1v) is 9.05. The van der Waals surface area contributed by atoms with Crippen molar-refractivity contribution < 1.29 is 9.53 Å². The number of para-hydroxylation sites is 1. The minimum atomic E-state index is -0.631. The molecule has 5 nitrogen and oxygen atoms in total. The fourth-order valence-electron chi connectivity index (χ4n) is 2.97. The number of carbonyl (C=O) groups excluding carboxylic acids is 1. The number of nitrogens with zero attached hydrogens (tertiary/aromatic N) is 1. The van der Waals surface area contributed by atoms with Gasteiger partial charge in [0.15, 0.2) is 0 Å². The van der Waals surface area contributed by atoms with Gasteiger partial charge in [0.05, 0.1) is 6.10 Å². The largest absolute Gasteiger partial charge is 0.491 e. The molecule has 1 unspecified atom stereocenters. The molecule has 0 fully saturated rings. The number of amides is 1. The summed E-state index contributed by atoms with van der Waals surface area (Å²) in [5, 5.41) is 4.25. The van der Waals surface area contributed by atoms with E-state index in [1.807, 2.05) is 57.2 Å². The fraction of sp³-hybridized carbons (Fsp3) is 0.273. The number of carbonyl (C=O) groups is 1. The summed E-state index contributed by atoms with van der Waals surface area (Å²) in [6, 6.07) is 14.1. The Hall–Kier alpha value is -3.08. The Labute approximate surface area is 158 Å². The van der Waals surface area contributed by atoms with Crippen LogP contribution in [0.5, 0.6) is 5.75 Å². The van der Waals surface area contributed by atoms with E-state index in [-0.39, 0.29) is 17.6 Å². The van der Waals surface area contributed by atoms with Crippen LogP contribution in [-0.2, 0) is 4.79 Å². The summed E-state index contributed by atoms with van der Waals surface area (Å²) >= 11 is 0. The number of rotatable bonds is 5. The molecule has 140 valence electrons. The van der Waals surface area contributed by atoms with Crippen LogP contribution in [0.3, 0.4) is 0 Å². The number of anilines is 1. The van der Waals surface area contributed by atoms with Gasteiger partial charge in [-0.2, -0.15) is 0 Å². The lowest BCUT2D eigenvalue weighted by Gasteiger charge is -2.17. The third-order valence-corrected chi connectivity index (χ3v) is 4.47. The van der Waals surface area contributed by atoms with Gasteiger partial charge in [-0.1, -0.05) is 18.2 Å². The lowest BCUT2D eigenvalue weighted by molar-refractivity contribution is -0.118. The molecular formula is C22H24N2O3. The zero-order valence-corrected chi connectivity index (χ0v) is 16.0. The first-order chi connectivity index (χ1) is 12.9. The Balaban J connectivity index is 1.89. The molecule has 0 bridgehead atoms. The summed E-state index contributed by atoms with van der Waals surface area (Å²) in [4.78, 5) is 25.5. The number of pyridine rings is 1. The summed E-state index contributed by atoms with van der Waals surface area (Å²) in [7, 11) is 0. The molecule has 2 aromatic carbocycles. The highest BCUT2D eigenvalue weighted by atomic mass is 16.5.